The van der Waals surface area contributed by atoms with E-state index in [1.807, 2.05) is 18.3 Å². The molecule has 0 radical (unpaired) electrons. The van der Waals surface area contributed by atoms with E-state index in [1.54, 1.807) is 36.2 Å². The topological polar surface area (TPSA) is 71.6 Å². The fourth-order valence-corrected chi connectivity index (χ4v) is 3.21. The quantitative estimate of drug-likeness (QED) is 0.640. The SMILES string of the molecule is O=[N+]([O-])c1ccccc1N=C1SCCN1Cc1cccnc1. The monoisotopic (exact) mass is 314 g/mol. The summed E-state index contributed by atoms with van der Waals surface area (Å²) in [5.74, 6) is 0.930. The van der Waals surface area contributed by atoms with E-state index in [-0.39, 0.29) is 5.69 Å². The molecule has 22 heavy (non-hydrogen) atoms. The van der Waals surface area contributed by atoms with Crippen molar-refractivity contribution >= 4 is 28.3 Å². The number of rotatable bonds is 4. The number of nitro groups is 1. The molecule has 0 saturated carbocycles. The van der Waals surface area contributed by atoms with Gasteiger partial charge in [0.05, 0.1) is 4.92 Å². The Morgan fingerprint density at radius 3 is 2.95 bits per heavy atom. The first-order valence-electron chi connectivity index (χ1n) is 6.83. The van der Waals surface area contributed by atoms with Gasteiger partial charge < -0.3 is 4.90 Å². The smallest absolute Gasteiger partial charge is 0.294 e. The van der Waals surface area contributed by atoms with Crippen molar-refractivity contribution in [2.45, 2.75) is 6.54 Å². The van der Waals surface area contributed by atoms with Crippen molar-refractivity contribution in [3.05, 3.63) is 64.5 Å². The molecule has 1 fully saturated rings. The molecule has 0 bridgehead atoms. The standard InChI is InChI=1S/C15H14N4O2S/c20-19(21)14-6-2-1-5-13(14)17-15-18(8-9-22-15)11-12-4-3-7-16-10-12/h1-7,10H,8-9,11H2. The lowest BCUT2D eigenvalue weighted by Gasteiger charge is -2.17. The zero-order valence-electron chi connectivity index (χ0n) is 11.8. The fourth-order valence-electron chi connectivity index (χ4n) is 2.21. The summed E-state index contributed by atoms with van der Waals surface area (Å²) in [5, 5.41) is 11.9. The Morgan fingerprint density at radius 1 is 1.32 bits per heavy atom. The molecule has 112 valence electrons. The van der Waals surface area contributed by atoms with Crippen LogP contribution >= 0.6 is 11.8 Å². The maximum atomic E-state index is 11.1. The summed E-state index contributed by atoms with van der Waals surface area (Å²) in [6, 6.07) is 10.5. The van der Waals surface area contributed by atoms with Crippen LogP contribution in [-0.2, 0) is 6.54 Å². The molecule has 0 spiro atoms. The van der Waals surface area contributed by atoms with Crippen LogP contribution in [0.1, 0.15) is 5.56 Å². The van der Waals surface area contributed by atoms with E-state index in [9.17, 15) is 10.1 Å². The largest absolute Gasteiger partial charge is 0.346 e. The van der Waals surface area contributed by atoms with Crippen molar-refractivity contribution < 1.29 is 4.92 Å². The number of para-hydroxylation sites is 2. The lowest BCUT2D eigenvalue weighted by molar-refractivity contribution is -0.384. The predicted octanol–water partition coefficient (Wildman–Crippen LogP) is 3.23. The summed E-state index contributed by atoms with van der Waals surface area (Å²) < 4.78 is 0. The number of hydrogen-bond acceptors (Lipinski definition) is 5. The number of benzene rings is 1. The minimum Gasteiger partial charge on any atom is -0.346 e. The Balaban J connectivity index is 1.85. The molecule has 0 atom stereocenters. The molecule has 1 aliphatic rings. The Bertz CT molecular complexity index is 706. The van der Waals surface area contributed by atoms with Gasteiger partial charge in [-0.25, -0.2) is 4.99 Å². The van der Waals surface area contributed by atoms with Crippen LogP contribution < -0.4 is 0 Å². The van der Waals surface area contributed by atoms with Gasteiger partial charge in [-0.15, -0.1) is 0 Å². The lowest BCUT2D eigenvalue weighted by atomic mass is 10.2. The van der Waals surface area contributed by atoms with Crippen LogP contribution in [0.2, 0.25) is 0 Å². The Labute approximate surface area is 132 Å². The van der Waals surface area contributed by atoms with Crippen molar-refractivity contribution in [2.75, 3.05) is 12.3 Å². The van der Waals surface area contributed by atoms with Crippen LogP contribution in [0.3, 0.4) is 0 Å². The van der Waals surface area contributed by atoms with Gasteiger partial charge >= 0.3 is 0 Å². The molecule has 0 aliphatic carbocycles. The first-order valence-corrected chi connectivity index (χ1v) is 7.81. The van der Waals surface area contributed by atoms with Gasteiger partial charge in [-0.3, -0.25) is 15.1 Å². The fraction of sp³-hybridized carbons (Fsp3) is 0.200. The summed E-state index contributed by atoms with van der Waals surface area (Å²) in [4.78, 5) is 21.4. The average molecular weight is 314 g/mol. The molecule has 6 nitrogen and oxygen atoms in total. The highest BCUT2D eigenvalue weighted by Gasteiger charge is 2.21. The lowest BCUT2D eigenvalue weighted by Crippen LogP contribution is -2.23. The van der Waals surface area contributed by atoms with Crippen LogP contribution in [0.4, 0.5) is 11.4 Å². The summed E-state index contributed by atoms with van der Waals surface area (Å²) in [7, 11) is 0. The summed E-state index contributed by atoms with van der Waals surface area (Å²) in [6.45, 7) is 1.58. The van der Waals surface area contributed by atoms with Gasteiger partial charge in [-0.1, -0.05) is 30.0 Å². The molecule has 1 saturated heterocycles. The van der Waals surface area contributed by atoms with Crippen LogP contribution in [-0.4, -0.2) is 32.3 Å². The number of aromatic nitrogens is 1. The number of thioether (sulfide) groups is 1. The third-order valence-corrected chi connectivity index (χ3v) is 4.25. The number of aliphatic imine (C=N–C) groups is 1. The van der Waals surface area contributed by atoms with E-state index < -0.39 is 4.92 Å². The number of pyridine rings is 1. The summed E-state index contributed by atoms with van der Waals surface area (Å²) in [5.41, 5.74) is 1.53. The minimum absolute atomic E-state index is 0.0313. The number of hydrogen-bond donors (Lipinski definition) is 0. The maximum Gasteiger partial charge on any atom is 0.294 e. The molecule has 0 amide bonds. The van der Waals surface area contributed by atoms with Crippen LogP contribution in [0.25, 0.3) is 0 Å². The van der Waals surface area contributed by atoms with E-state index in [1.165, 1.54) is 6.07 Å². The number of nitro benzene ring substituents is 1. The van der Waals surface area contributed by atoms with E-state index in [4.69, 9.17) is 0 Å². The Hall–Kier alpha value is -2.41. The normalized spacial score (nSPS) is 16.2. The van der Waals surface area contributed by atoms with Gasteiger partial charge in [0.15, 0.2) is 5.17 Å². The zero-order valence-corrected chi connectivity index (χ0v) is 12.6. The second-order valence-electron chi connectivity index (χ2n) is 4.77. The number of nitrogens with zero attached hydrogens (tertiary/aromatic N) is 4. The highest BCUT2D eigenvalue weighted by molar-refractivity contribution is 8.14. The molecule has 2 heterocycles. The van der Waals surface area contributed by atoms with Gasteiger partial charge in [-0.2, -0.15) is 0 Å². The first-order chi connectivity index (χ1) is 10.7. The Kier molecular flexibility index (Phi) is 4.34. The van der Waals surface area contributed by atoms with E-state index in [0.29, 0.717) is 12.2 Å². The molecular formula is C15H14N4O2S. The first kappa shape index (κ1) is 14.5. The molecule has 7 heteroatoms. The average Bonchev–Trinajstić information content (AvgIpc) is 2.96. The van der Waals surface area contributed by atoms with Crippen LogP contribution in [0, 0.1) is 10.1 Å². The van der Waals surface area contributed by atoms with Gasteiger partial charge in [0.1, 0.15) is 5.69 Å². The van der Waals surface area contributed by atoms with Crippen LogP contribution in [0.5, 0.6) is 0 Å². The molecular weight excluding hydrogens is 300 g/mol. The van der Waals surface area contributed by atoms with Crippen molar-refractivity contribution in [2.24, 2.45) is 4.99 Å². The van der Waals surface area contributed by atoms with Crippen molar-refractivity contribution in [1.29, 1.82) is 0 Å². The maximum absolute atomic E-state index is 11.1. The van der Waals surface area contributed by atoms with E-state index in [2.05, 4.69) is 14.9 Å². The minimum atomic E-state index is -0.398. The highest BCUT2D eigenvalue weighted by Crippen LogP contribution is 2.30. The van der Waals surface area contributed by atoms with Crippen molar-refractivity contribution in [1.82, 2.24) is 9.88 Å². The second kappa shape index (κ2) is 6.57. The second-order valence-corrected chi connectivity index (χ2v) is 5.83. The van der Waals surface area contributed by atoms with E-state index in [0.717, 1.165) is 23.0 Å². The predicted molar refractivity (Wildman–Crippen MR) is 87.3 cm³/mol. The van der Waals surface area contributed by atoms with Crippen LogP contribution in [0.15, 0.2) is 53.8 Å². The van der Waals surface area contributed by atoms with Gasteiger partial charge in [0.25, 0.3) is 5.69 Å². The third kappa shape index (κ3) is 3.25. The molecule has 1 aliphatic heterocycles. The van der Waals surface area contributed by atoms with Crippen molar-refractivity contribution in [3.8, 4) is 0 Å². The molecule has 1 aromatic heterocycles. The molecule has 1 aromatic carbocycles. The molecule has 0 unspecified atom stereocenters. The molecule has 2 aromatic rings. The van der Waals surface area contributed by atoms with Gasteiger partial charge in [-0.05, 0) is 17.7 Å². The van der Waals surface area contributed by atoms with Gasteiger partial charge in [0, 0.05) is 37.3 Å². The number of amidine groups is 1. The Morgan fingerprint density at radius 2 is 2.18 bits per heavy atom. The van der Waals surface area contributed by atoms with Gasteiger partial charge in [0.2, 0.25) is 0 Å². The zero-order chi connectivity index (χ0) is 15.4. The third-order valence-electron chi connectivity index (χ3n) is 3.25. The highest BCUT2D eigenvalue weighted by atomic mass is 32.2. The molecule has 3 rings (SSSR count). The van der Waals surface area contributed by atoms with E-state index >= 15 is 0 Å². The van der Waals surface area contributed by atoms with Crippen molar-refractivity contribution in [3.63, 3.8) is 0 Å². The summed E-state index contributed by atoms with van der Waals surface area (Å²) >= 11 is 1.62. The summed E-state index contributed by atoms with van der Waals surface area (Å²) in [6.07, 6.45) is 3.57. The molecule has 0 N–H and O–H groups in total.